The van der Waals surface area contributed by atoms with Gasteiger partial charge in [-0.2, -0.15) is 15.0 Å². The molecule has 0 radical (unpaired) electrons. The maximum absolute atomic E-state index is 5.80. The van der Waals surface area contributed by atoms with Crippen molar-refractivity contribution in [2.45, 2.75) is 56.7 Å². The first-order valence-corrected chi connectivity index (χ1v) is 28.7. The van der Waals surface area contributed by atoms with E-state index >= 15 is 0 Å². The Balaban J connectivity index is 1.21. The minimum absolute atomic E-state index is 0.104. The van der Waals surface area contributed by atoms with Gasteiger partial charge >= 0.3 is 0 Å². The van der Waals surface area contributed by atoms with Crippen LogP contribution in [0, 0.1) is 0 Å². The molecule has 11 aromatic rings. The minimum Gasteiger partial charge on any atom is -0.278 e. The number of hydrogen-bond acceptors (Lipinski definition) is 3. The van der Waals surface area contributed by atoms with Crippen molar-refractivity contribution in [2.24, 2.45) is 0 Å². The fraction of sp³-hybridized carbons (Fsp3) is 0.150. The van der Waals surface area contributed by atoms with Gasteiger partial charge in [0.1, 0.15) is 0 Å². The lowest BCUT2D eigenvalue weighted by Crippen LogP contribution is -2.75. The Morgan fingerprint density at radius 1 is 0.433 bits per heavy atom. The van der Waals surface area contributed by atoms with Gasteiger partial charge in [0.25, 0.3) is 0 Å². The summed E-state index contributed by atoms with van der Waals surface area (Å²) in [5.41, 5.74) is 6.81. The van der Waals surface area contributed by atoms with Crippen LogP contribution in [0.4, 0.5) is 0 Å². The Morgan fingerprint density at radius 3 is 1.24 bits per heavy atom. The molecule has 0 unspecified atom stereocenters. The van der Waals surface area contributed by atoms with Gasteiger partial charge in [-0.1, -0.05) is 226 Å². The van der Waals surface area contributed by atoms with Gasteiger partial charge in [0.2, 0.25) is 11.9 Å². The molecule has 2 aliphatic rings. The fourth-order valence-corrected chi connectivity index (χ4v) is 23.5. The molecule has 1 fully saturated rings. The SMILES string of the molecule is CC1(C)CC[Si]2(CCCC2)c2cc([Si](c3ccccc3)(c3ccccc3)c3ccccc3)cc(-c3nc(-n4c5ccccc5c5ccccc54)nc(-n4c5ccccc5c5ccccc54)n3)c21. The average molecular weight is 898 g/mol. The van der Waals surface area contributed by atoms with E-state index in [1.165, 1.54) is 85.3 Å². The van der Waals surface area contributed by atoms with Crippen LogP contribution < -0.4 is 25.9 Å². The Morgan fingerprint density at radius 2 is 0.821 bits per heavy atom. The number of fused-ring (bicyclic) bond motifs is 8. The topological polar surface area (TPSA) is 48.5 Å². The zero-order valence-electron chi connectivity index (χ0n) is 38.0. The van der Waals surface area contributed by atoms with Gasteiger partial charge in [0, 0.05) is 27.1 Å². The molecule has 1 saturated heterocycles. The predicted molar refractivity (Wildman–Crippen MR) is 284 cm³/mol. The standard InChI is InChI=1S/C60H51N5Si2/c1-60(2)36-39-66(37-20-21-38-66)55-41-45(67(42-22-6-3-7-23-42,43-24-8-4-9-25-43)44-26-10-5-11-27-44)40-50(56(55)60)57-61-58(64-51-32-16-12-28-46(51)47-29-13-17-33-52(47)64)63-59(62-57)65-53-34-18-14-30-48(53)49-31-15-19-35-54(49)65/h3-19,22-35,40-41H,20-21,36-39H2,1-2H3. The zero-order chi connectivity index (χ0) is 44.7. The van der Waals surface area contributed by atoms with Gasteiger partial charge in [0.15, 0.2) is 13.9 Å². The molecule has 324 valence electrons. The van der Waals surface area contributed by atoms with Crippen molar-refractivity contribution >= 4 is 85.7 Å². The van der Waals surface area contributed by atoms with Crippen LogP contribution in [0.3, 0.4) is 0 Å². The predicted octanol–water partition coefficient (Wildman–Crippen LogP) is 11.2. The highest BCUT2D eigenvalue weighted by atomic mass is 28.3. The molecule has 0 bridgehead atoms. The molecular weight excluding hydrogens is 847 g/mol. The second kappa shape index (κ2) is 15.4. The number of nitrogens with zero attached hydrogens (tertiary/aromatic N) is 5. The van der Waals surface area contributed by atoms with Crippen molar-refractivity contribution in [3.8, 4) is 23.3 Å². The molecule has 8 aromatic carbocycles. The van der Waals surface area contributed by atoms with E-state index in [0.717, 1.165) is 33.5 Å². The minimum atomic E-state index is -2.98. The molecule has 13 rings (SSSR count). The molecule has 5 nitrogen and oxygen atoms in total. The molecule has 0 N–H and O–H groups in total. The van der Waals surface area contributed by atoms with E-state index in [1.54, 1.807) is 5.19 Å². The van der Waals surface area contributed by atoms with Gasteiger partial charge in [0.05, 0.1) is 30.1 Å². The van der Waals surface area contributed by atoms with Crippen LogP contribution in [-0.4, -0.2) is 40.2 Å². The molecule has 5 heterocycles. The third kappa shape index (κ3) is 6.07. The second-order valence-electron chi connectivity index (χ2n) is 19.7. The third-order valence-electron chi connectivity index (χ3n) is 15.6. The summed E-state index contributed by atoms with van der Waals surface area (Å²) >= 11 is 0. The van der Waals surface area contributed by atoms with E-state index in [1.807, 2.05) is 0 Å². The van der Waals surface area contributed by atoms with Crippen molar-refractivity contribution in [3.63, 3.8) is 0 Å². The molecule has 0 amide bonds. The van der Waals surface area contributed by atoms with Gasteiger partial charge in [-0.15, -0.1) is 0 Å². The van der Waals surface area contributed by atoms with E-state index in [-0.39, 0.29) is 5.41 Å². The summed E-state index contributed by atoms with van der Waals surface area (Å²) in [4.78, 5) is 17.2. The van der Waals surface area contributed by atoms with Crippen molar-refractivity contribution in [3.05, 3.63) is 206 Å². The highest BCUT2D eigenvalue weighted by molar-refractivity contribution is 7.20. The molecule has 3 aromatic heterocycles. The molecule has 0 aliphatic carbocycles. The molecule has 0 saturated carbocycles. The van der Waals surface area contributed by atoms with Gasteiger partial charge in [-0.05, 0) is 62.4 Å². The van der Waals surface area contributed by atoms with E-state index < -0.39 is 16.1 Å². The fourth-order valence-electron chi connectivity index (χ4n) is 12.6. The zero-order valence-corrected chi connectivity index (χ0v) is 40.0. The Hall–Kier alpha value is -7.20. The van der Waals surface area contributed by atoms with Crippen LogP contribution in [0.25, 0.3) is 66.9 Å². The summed E-state index contributed by atoms with van der Waals surface area (Å²) in [7, 11) is -4.92. The largest absolute Gasteiger partial charge is 0.278 e. The molecular formula is C60H51N5Si2. The molecule has 0 atom stereocenters. The maximum atomic E-state index is 5.80. The van der Waals surface area contributed by atoms with E-state index in [2.05, 4.69) is 223 Å². The number of benzene rings is 8. The summed E-state index contributed by atoms with van der Waals surface area (Å²) in [5, 5.41) is 11.9. The number of hydrogen-bond donors (Lipinski definition) is 0. The highest BCUT2D eigenvalue weighted by Crippen LogP contribution is 2.47. The summed E-state index contributed by atoms with van der Waals surface area (Å²) in [6.07, 6.45) is 3.79. The normalized spacial score (nSPS) is 15.5. The van der Waals surface area contributed by atoms with E-state index in [0.29, 0.717) is 11.9 Å². The monoisotopic (exact) mass is 897 g/mol. The summed E-state index contributed by atoms with van der Waals surface area (Å²) in [5.74, 6) is 1.98. The number of para-hydroxylation sites is 4. The summed E-state index contributed by atoms with van der Waals surface area (Å²) < 4.78 is 4.55. The first-order valence-electron chi connectivity index (χ1n) is 24.0. The third-order valence-corrected chi connectivity index (χ3v) is 25.8. The first kappa shape index (κ1) is 40.1. The van der Waals surface area contributed by atoms with Crippen LogP contribution in [0.1, 0.15) is 38.7 Å². The van der Waals surface area contributed by atoms with Gasteiger partial charge < -0.3 is 0 Å². The highest BCUT2D eigenvalue weighted by Gasteiger charge is 2.50. The van der Waals surface area contributed by atoms with Crippen LogP contribution in [0.5, 0.6) is 0 Å². The van der Waals surface area contributed by atoms with Crippen LogP contribution >= 0.6 is 0 Å². The van der Waals surface area contributed by atoms with Gasteiger partial charge in [-0.25, -0.2) is 0 Å². The molecule has 67 heavy (non-hydrogen) atoms. The Labute approximate surface area is 393 Å². The summed E-state index contributed by atoms with van der Waals surface area (Å²) in [6, 6.07) is 78.3. The second-order valence-corrected chi connectivity index (χ2v) is 28.1. The number of rotatable bonds is 7. The van der Waals surface area contributed by atoms with Crippen molar-refractivity contribution < 1.29 is 0 Å². The quantitative estimate of drug-likeness (QED) is 0.118. The van der Waals surface area contributed by atoms with E-state index in [9.17, 15) is 0 Å². The lowest BCUT2D eigenvalue weighted by molar-refractivity contribution is 0.498. The first-order chi connectivity index (χ1) is 32.9. The average Bonchev–Trinajstić information content (AvgIpc) is 4.10. The van der Waals surface area contributed by atoms with Crippen LogP contribution in [0.15, 0.2) is 200 Å². The van der Waals surface area contributed by atoms with Crippen molar-refractivity contribution in [1.29, 1.82) is 0 Å². The number of aromatic nitrogens is 5. The molecule has 7 heteroatoms. The maximum Gasteiger partial charge on any atom is 0.240 e. The van der Waals surface area contributed by atoms with Crippen LogP contribution in [0.2, 0.25) is 18.1 Å². The van der Waals surface area contributed by atoms with Gasteiger partial charge in [-0.3, -0.25) is 9.13 Å². The lowest BCUT2D eigenvalue weighted by Gasteiger charge is -2.45. The Bertz CT molecular complexity index is 3350. The molecule has 2 aliphatic heterocycles. The Kier molecular flexibility index (Phi) is 9.24. The molecule has 1 spiro atoms. The lowest BCUT2D eigenvalue weighted by atomic mass is 9.78. The smallest absolute Gasteiger partial charge is 0.240 e. The van der Waals surface area contributed by atoms with Crippen LogP contribution in [-0.2, 0) is 5.41 Å². The summed E-state index contributed by atoms with van der Waals surface area (Å²) in [6.45, 7) is 4.98. The van der Waals surface area contributed by atoms with Crippen molar-refractivity contribution in [1.82, 2.24) is 24.1 Å². The van der Waals surface area contributed by atoms with E-state index in [4.69, 9.17) is 15.0 Å². The van der Waals surface area contributed by atoms with Crippen molar-refractivity contribution in [2.75, 3.05) is 0 Å².